The fourth-order valence-corrected chi connectivity index (χ4v) is 3.38. The van der Waals surface area contributed by atoms with E-state index in [0.717, 1.165) is 17.8 Å². The summed E-state index contributed by atoms with van der Waals surface area (Å²) in [7, 11) is 0. The van der Waals surface area contributed by atoms with Gasteiger partial charge in [0.05, 0.1) is 5.52 Å². The molecule has 2 N–H and O–H groups in total. The Morgan fingerprint density at radius 3 is 2.75 bits per heavy atom. The molecule has 0 unspecified atom stereocenters. The van der Waals surface area contributed by atoms with Crippen LogP contribution in [0.15, 0.2) is 30.3 Å². The molecule has 1 saturated carbocycles. The first kappa shape index (κ1) is 13.4. The first-order chi connectivity index (χ1) is 9.79. The van der Waals surface area contributed by atoms with E-state index in [-0.39, 0.29) is 0 Å². The molecule has 1 heterocycles. The largest absolute Gasteiger partial charge is 0.367 e. The monoisotopic (exact) mass is 269 g/mol. The minimum atomic E-state index is 0.642. The molecule has 0 bridgehead atoms. The Hall–Kier alpha value is -1.61. The van der Waals surface area contributed by atoms with Gasteiger partial charge in [-0.2, -0.15) is 0 Å². The Kier molecular flexibility index (Phi) is 3.88. The van der Waals surface area contributed by atoms with Gasteiger partial charge < -0.3 is 10.6 Å². The molecular weight excluding hydrogens is 246 g/mol. The summed E-state index contributed by atoms with van der Waals surface area (Å²) in [6.45, 7) is 3.70. The van der Waals surface area contributed by atoms with E-state index in [1.165, 1.54) is 36.8 Å². The van der Waals surface area contributed by atoms with E-state index in [4.69, 9.17) is 5.73 Å². The molecular formula is C17H23N3. The minimum absolute atomic E-state index is 0.642. The minimum Gasteiger partial charge on any atom is -0.367 e. The molecule has 0 radical (unpaired) electrons. The van der Waals surface area contributed by atoms with E-state index >= 15 is 0 Å². The average molecular weight is 269 g/mol. The van der Waals surface area contributed by atoms with Crippen molar-refractivity contribution in [2.75, 3.05) is 18.0 Å². The predicted octanol–water partition coefficient (Wildman–Crippen LogP) is 3.25. The SMILES string of the molecule is Cc1cc(N(CCN)C2CCCC2)c2ccccc2n1. The number of pyridine rings is 1. The topological polar surface area (TPSA) is 42.1 Å². The summed E-state index contributed by atoms with van der Waals surface area (Å²) < 4.78 is 0. The normalized spacial score (nSPS) is 15.9. The number of aryl methyl sites for hydroxylation is 1. The number of rotatable bonds is 4. The lowest BCUT2D eigenvalue weighted by molar-refractivity contribution is 0.610. The van der Waals surface area contributed by atoms with Crippen molar-refractivity contribution >= 4 is 16.6 Å². The van der Waals surface area contributed by atoms with Crippen LogP contribution in [0.3, 0.4) is 0 Å². The summed E-state index contributed by atoms with van der Waals surface area (Å²) in [6, 6.07) is 11.3. The number of benzene rings is 1. The summed E-state index contributed by atoms with van der Waals surface area (Å²) >= 11 is 0. The van der Waals surface area contributed by atoms with Crippen LogP contribution in [0.25, 0.3) is 10.9 Å². The van der Waals surface area contributed by atoms with Crippen LogP contribution in [0, 0.1) is 6.92 Å². The van der Waals surface area contributed by atoms with E-state index in [2.05, 4.69) is 47.1 Å². The summed E-state index contributed by atoms with van der Waals surface area (Å²) in [4.78, 5) is 7.17. The van der Waals surface area contributed by atoms with Crippen molar-refractivity contribution < 1.29 is 0 Å². The molecule has 1 fully saturated rings. The Morgan fingerprint density at radius 1 is 1.25 bits per heavy atom. The third kappa shape index (κ3) is 2.50. The highest BCUT2D eigenvalue weighted by atomic mass is 15.2. The Bertz CT molecular complexity index is 588. The Labute approximate surface area is 120 Å². The maximum absolute atomic E-state index is 5.86. The average Bonchev–Trinajstić information content (AvgIpc) is 2.98. The van der Waals surface area contributed by atoms with Gasteiger partial charge in [0.2, 0.25) is 0 Å². The fourth-order valence-electron chi connectivity index (χ4n) is 3.38. The molecule has 1 aliphatic rings. The molecule has 2 aromatic rings. The van der Waals surface area contributed by atoms with Crippen LogP contribution in [-0.4, -0.2) is 24.1 Å². The number of hydrogen-bond acceptors (Lipinski definition) is 3. The van der Waals surface area contributed by atoms with Crippen molar-refractivity contribution in [1.29, 1.82) is 0 Å². The highest BCUT2D eigenvalue weighted by molar-refractivity contribution is 5.92. The second-order valence-electron chi connectivity index (χ2n) is 5.72. The molecule has 1 aromatic heterocycles. The van der Waals surface area contributed by atoms with Gasteiger partial charge in [-0.3, -0.25) is 4.98 Å². The molecule has 3 rings (SSSR count). The predicted molar refractivity (Wildman–Crippen MR) is 85.1 cm³/mol. The van der Waals surface area contributed by atoms with Crippen LogP contribution >= 0.6 is 0 Å². The maximum atomic E-state index is 5.86. The third-order valence-electron chi connectivity index (χ3n) is 4.27. The van der Waals surface area contributed by atoms with Crippen LogP contribution < -0.4 is 10.6 Å². The van der Waals surface area contributed by atoms with E-state index in [1.54, 1.807) is 0 Å². The molecule has 20 heavy (non-hydrogen) atoms. The Balaban J connectivity index is 2.09. The molecule has 0 atom stereocenters. The summed E-state index contributed by atoms with van der Waals surface area (Å²) in [5.74, 6) is 0. The number of anilines is 1. The standard InChI is InChI=1S/C17H23N3/c1-13-12-17(15-8-4-5-9-16(15)19-13)20(11-10-18)14-6-2-3-7-14/h4-5,8-9,12,14H,2-3,6-7,10-11,18H2,1H3. The third-order valence-corrected chi connectivity index (χ3v) is 4.27. The number of nitrogens with two attached hydrogens (primary N) is 1. The van der Waals surface area contributed by atoms with E-state index in [0.29, 0.717) is 12.6 Å². The second-order valence-corrected chi connectivity index (χ2v) is 5.72. The van der Waals surface area contributed by atoms with Crippen LogP contribution in [-0.2, 0) is 0 Å². The second kappa shape index (κ2) is 5.80. The van der Waals surface area contributed by atoms with Crippen molar-refractivity contribution in [3.63, 3.8) is 0 Å². The smallest absolute Gasteiger partial charge is 0.0726 e. The Morgan fingerprint density at radius 2 is 2.00 bits per heavy atom. The molecule has 0 amide bonds. The van der Waals surface area contributed by atoms with Gasteiger partial charge in [-0.25, -0.2) is 0 Å². The lowest BCUT2D eigenvalue weighted by Crippen LogP contribution is -2.37. The first-order valence-electron chi connectivity index (χ1n) is 7.62. The molecule has 3 heteroatoms. The lowest BCUT2D eigenvalue weighted by atomic mass is 10.1. The quantitative estimate of drug-likeness (QED) is 0.926. The molecule has 106 valence electrons. The van der Waals surface area contributed by atoms with Crippen LogP contribution in [0.4, 0.5) is 5.69 Å². The number of fused-ring (bicyclic) bond motifs is 1. The van der Waals surface area contributed by atoms with Crippen molar-refractivity contribution in [3.05, 3.63) is 36.0 Å². The van der Waals surface area contributed by atoms with Gasteiger partial charge in [0.25, 0.3) is 0 Å². The van der Waals surface area contributed by atoms with Crippen molar-refractivity contribution in [1.82, 2.24) is 4.98 Å². The van der Waals surface area contributed by atoms with Crippen LogP contribution in [0.5, 0.6) is 0 Å². The number of aromatic nitrogens is 1. The van der Waals surface area contributed by atoms with Gasteiger partial charge >= 0.3 is 0 Å². The zero-order chi connectivity index (χ0) is 13.9. The van der Waals surface area contributed by atoms with Crippen molar-refractivity contribution in [2.45, 2.75) is 38.6 Å². The van der Waals surface area contributed by atoms with Crippen LogP contribution in [0.1, 0.15) is 31.4 Å². The van der Waals surface area contributed by atoms with Crippen molar-refractivity contribution in [2.24, 2.45) is 5.73 Å². The van der Waals surface area contributed by atoms with Crippen molar-refractivity contribution in [3.8, 4) is 0 Å². The van der Waals surface area contributed by atoms with Gasteiger partial charge in [-0.15, -0.1) is 0 Å². The van der Waals surface area contributed by atoms with E-state index < -0.39 is 0 Å². The molecule has 1 aliphatic carbocycles. The molecule has 3 nitrogen and oxygen atoms in total. The van der Waals surface area contributed by atoms with Gasteiger partial charge in [0.15, 0.2) is 0 Å². The first-order valence-corrected chi connectivity index (χ1v) is 7.62. The van der Waals surface area contributed by atoms with Gasteiger partial charge in [0.1, 0.15) is 0 Å². The lowest BCUT2D eigenvalue weighted by Gasteiger charge is -2.32. The maximum Gasteiger partial charge on any atom is 0.0726 e. The van der Waals surface area contributed by atoms with Gasteiger partial charge in [0, 0.05) is 35.9 Å². The van der Waals surface area contributed by atoms with Gasteiger partial charge in [-0.05, 0) is 31.9 Å². The fraction of sp³-hybridized carbons (Fsp3) is 0.471. The van der Waals surface area contributed by atoms with Crippen LogP contribution in [0.2, 0.25) is 0 Å². The molecule has 0 saturated heterocycles. The van der Waals surface area contributed by atoms with E-state index in [9.17, 15) is 0 Å². The summed E-state index contributed by atoms with van der Waals surface area (Å²) in [5, 5.41) is 1.25. The van der Waals surface area contributed by atoms with E-state index in [1.807, 2.05) is 0 Å². The molecule has 0 aliphatic heterocycles. The number of nitrogens with zero attached hydrogens (tertiary/aromatic N) is 2. The molecule has 1 aromatic carbocycles. The number of hydrogen-bond donors (Lipinski definition) is 1. The zero-order valence-electron chi connectivity index (χ0n) is 12.2. The number of para-hydroxylation sites is 1. The summed E-state index contributed by atoms with van der Waals surface area (Å²) in [6.07, 6.45) is 5.26. The zero-order valence-corrected chi connectivity index (χ0v) is 12.2. The summed E-state index contributed by atoms with van der Waals surface area (Å²) in [5.41, 5.74) is 9.34. The molecule has 0 spiro atoms. The highest BCUT2D eigenvalue weighted by Gasteiger charge is 2.23. The highest BCUT2D eigenvalue weighted by Crippen LogP contribution is 2.32. The van der Waals surface area contributed by atoms with Gasteiger partial charge in [-0.1, -0.05) is 31.0 Å².